The van der Waals surface area contributed by atoms with E-state index in [1.807, 2.05) is 0 Å². The van der Waals surface area contributed by atoms with Crippen LogP contribution in [0.5, 0.6) is 0 Å². The zero-order chi connectivity index (χ0) is 24.2. The number of nitrogens with zero attached hydrogens (tertiary/aromatic N) is 2. The average Bonchev–Trinajstić information content (AvgIpc) is 2.72. The molecule has 174 valence electrons. The summed E-state index contributed by atoms with van der Waals surface area (Å²) in [6.45, 7) is 1.28. The van der Waals surface area contributed by atoms with Crippen molar-refractivity contribution in [1.82, 2.24) is 9.97 Å². The largest absolute Gasteiger partial charge is 0.421 e. The lowest BCUT2D eigenvalue weighted by molar-refractivity contribution is -0.137. The molecule has 0 aliphatic rings. The molecule has 0 aliphatic carbocycles. The van der Waals surface area contributed by atoms with Crippen molar-refractivity contribution < 1.29 is 26.4 Å². The van der Waals surface area contributed by atoms with Crippen molar-refractivity contribution in [3.05, 3.63) is 65.9 Å². The molecule has 33 heavy (non-hydrogen) atoms. The van der Waals surface area contributed by atoms with E-state index in [0.717, 1.165) is 6.26 Å². The summed E-state index contributed by atoms with van der Waals surface area (Å²) >= 11 is 0. The maximum absolute atomic E-state index is 13.4. The Morgan fingerprint density at radius 1 is 1.06 bits per heavy atom. The minimum absolute atomic E-state index is 0.0607. The summed E-state index contributed by atoms with van der Waals surface area (Å²) in [6, 6.07) is 12.3. The lowest BCUT2D eigenvalue weighted by Crippen LogP contribution is -2.14. The molecule has 0 spiro atoms. The van der Waals surface area contributed by atoms with Crippen molar-refractivity contribution in [3.8, 4) is 0 Å². The maximum atomic E-state index is 13.4. The van der Waals surface area contributed by atoms with Crippen LogP contribution < -0.4 is 16.0 Å². The number of anilines is 4. The van der Waals surface area contributed by atoms with Crippen molar-refractivity contribution in [2.24, 2.45) is 0 Å². The highest BCUT2D eigenvalue weighted by Crippen LogP contribution is 2.34. The summed E-state index contributed by atoms with van der Waals surface area (Å²) in [5, 5.41) is 8.03. The van der Waals surface area contributed by atoms with Gasteiger partial charge in [-0.1, -0.05) is 12.1 Å². The van der Waals surface area contributed by atoms with E-state index in [4.69, 9.17) is 0 Å². The Kier molecular flexibility index (Phi) is 6.86. The molecule has 0 fully saturated rings. The molecule has 1 amide bonds. The van der Waals surface area contributed by atoms with Crippen LogP contribution in [0.2, 0.25) is 0 Å². The second-order valence-electron chi connectivity index (χ2n) is 7.11. The molecule has 0 saturated carbocycles. The number of aromatic nitrogens is 2. The number of hydrogen-bond donors (Lipinski definition) is 3. The van der Waals surface area contributed by atoms with Crippen molar-refractivity contribution in [2.75, 3.05) is 22.2 Å². The standard InChI is InChI=1S/C21H20F3N5O3S/c1-13(30)27-15-6-8-16(9-7-15)28-20-26-12-18(21(22,23)24)19(29-20)25-11-14-4-3-5-17(10-14)33(2,31)32/h3-10,12H,11H2,1-2H3,(H,27,30)(H2,25,26,28,29). The molecule has 0 unspecified atom stereocenters. The van der Waals surface area contributed by atoms with Crippen LogP contribution in [0.4, 0.5) is 36.3 Å². The van der Waals surface area contributed by atoms with Gasteiger partial charge < -0.3 is 16.0 Å². The minimum atomic E-state index is -4.70. The molecule has 0 radical (unpaired) electrons. The van der Waals surface area contributed by atoms with Gasteiger partial charge in [-0.2, -0.15) is 18.2 Å². The number of sulfone groups is 1. The zero-order valence-electron chi connectivity index (χ0n) is 17.6. The summed E-state index contributed by atoms with van der Waals surface area (Å²) in [5.41, 5.74) is 0.455. The third kappa shape index (κ3) is 6.65. The summed E-state index contributed by atoms with van der Waals surface area (Å²) in [5.74, 6) is -0.776. The molecule has 12 heteroatoms. The Hall–Kier alpha value is -3.67. The summed E-state index contributed by atoms with van der Waals surface area (Å²) in [7, 11) is -3.46. The van der Waals surface area contributed by atoms with Crippen molar-refractivity contribution in [2.45, 2.75) is 24.5 Å². The average molecular weight is 479 g/mol. The fourth-order valence-corrected chi connectivity index (χ4v) is 3.52. The van der Waals surface area contributed by atoms with E-state index < -0.39 is 27.4 Å². The van der Waals surface area contributed by atoms with Gasteiger partial charge in [-0.25, -0.2) is 13.4 Å². The van der Waals surface area contributed by atoms with Crippen LogP contribution in [-0.2, 0) is 27.4 Å². The Morgan fingerprint density at radius 2 is 1.73 bits per heavy atom. The van der Waals surface area contributed by atoms with Gasteiger partial charge in [-0.05, 0) is 42.0 Å². The topological polar surface area (TPSA) is 113 Å². The van der Waals surface area contributed by atoms with Crippen LogP contribution >= 0.6 is 0 Å². The summed E-state index contributed by atoms with van der Waals surface area (Å²) in [6.07, 6.45) is -2.99. The number of hydrogen-bond acceptors (Lipinski definition) is 7. The van der Waals surface area contributed by atoms with Gasteiger partial charge >= 0.3 is 6.18 Å². The number of amides is 1. The van der Waals surface area contributed by atoms with Crippen molar-refractivity contribution in [3.63, 3.8) is 0 Å². The van der Waals surface area contributed by atoms with E-state index in [1.165, 1.54) is 25.1 Å². The monoisotopic (exact) mass is 479 g/mol. The lowest BCUT2D eigenvalue weighted by Gasteiger charge is -2.15. The van der Waals surface area contributed by atoms with Gasteiger partial charge in [0.15, 0.2) is 9.84 Å². The molecule has 0 saturated heterocycles. The van der Waals surface area contributed by atoms with Gasteiger partial charge in [0.05, 0.1) is 4.90 Å². The number of benzene rings is 2. The summed E-state index contributed by atoms with van der Waals surface area (Å²) < 4.78 is 63.8. The van der Waals surface area contributed by atoms with Crippen LogP contribution in [0.3, 0.4) is 0 Å². The number of rotatable bonds is 7. The molecule has 1 heterocycles. The molecule has 1 aromatic heterocycles. The Balaban J connectivity index is 1.83. The number of halogens is 3. The fraction of sp³-hybridized carbons (Fsp3) is 0.190. The van der Waals surface area contributed by atoms with Gasteiger partial charge in [0.2, 0.25) is 11.9 Å². The Morgan fingerprint density at radius 3 is 2.33 bits per heavy atom. The predicted octanol–water partition coefficient (Wildman–Crippen LogP) is 4.21. The van der Waals surface area contributed by atoms with Crippen LogP contribution in [-0.4, -0.2) is 30.5 Å². The van der Waals surface area contributed by atoms with Crippen molar-refractivity contribution in [1.29, 1.82) is 0 Å². The van der Waals surface area contributed by atoms with Crippen LogP contribution in [0.15, 0.2) is 59.6 Å². The van der Waals surface area contributed by atoms with Crippen LogP contribution in [0.25, 0.3) is 0 Å². The Bertz CT molecular complexity index is 1260. The third-order valence-electron chi connectivity index (χ3n) is 4.34. The number of carbonyl (C=O) groups excluding carboxylic acids is 1. The second-order valence-corrected chi connectivity index (χ2v) is 9.13. The highest BCUT2D eigenvalue weighted by molar-refractivity contribution is 7.90. The van der Waals surface area contributed by atoms with Crippen molar-refractivity contribution >= 4 is 38.9 Å². The molecule has 8 nitrogen and oxygen atoms in total. The molecular formula is C21H20F3N5O3S. The molecule has 0 aliphatic heterocycles. The highest BCUT2D eigenvalue weighted by Gasteiger charge is 2.35. The first-order valence-electron chi connectivity index (χ1n) is 9.53. The third-order valence-corrected chi connectivity index (χ3v) is 5.45. The lowest BCUT2D eigenvalue weighted by atomic mass is 10.2. The molecule has 3 N–H and O–H groups in total. The first-order chi connectivity index (χ1) is 15.4. The maximum Gasteiger partial charge on any atom is 0.421 e. The van der Waals surface area contributed by atoms with Gasteiger partial charge in [-0.3, -0.25) is 4.79 Å². The zero-order valence-corrected chi connectivity index (χ0v) is 18.4. The van der Waals surface area contributed by atoms with E-state index in [9.17, 15) is 26.4 Å². The van der Waals surface area contributed by atoms with Crippen LogP contribution in [0.1, 0.15) is 18.1 Å². The van der Waals surface area contributed by atoms with E-state index in [0.29, 0.717) is 23.1 Å². The molecule has 3 aromatic rings. The molecule has 2 aromatic carbocycles. The number of alkyl halides is 3. The normalized spacial score (nSPS) is 11.7. The van der Waals surface area contributed by atoms with E-state index in [-0.39, 0.29) is 23.3 Å². The summed E-state index contributed by atoms with van der Waals surface area (Å²) in [4.78, 5) is 18.8. The van der Waals surface area contributed by atoms with Gasteiger partial charge in [-0.15, -0.1) is 0 Å². The SMILES string of the molecule is CC(=O)Nc1ccc(Nc2ncc(C(F)(F)F)c(NCc3cccc(S(C)(=O)=O)c3)n2)cc1. The fourth-order valence-electron chi connectivity index (χ4n) is 2.83. The first kappa shape index (κ1) is 24.0. The minimum Gasteiger partial charge on any atom is -0.365 e. The molecule has 0 atom stereocenters. The molecular weight excluding hydrogens is 459 g/mol. The smallest absolute Gasteiger partial charge is 0.365 e. The van der Waals surface area contributed by atoms with E-state index in [1.54, 1.807) is 30.3 Å². The number of carbonyl (C=O) groups is 1. The van der Waals surface area contributed by atoms with E-state index >= 15 is 0 Å². The number of nitrogens with one attached hydrogen (secondary N) is 3. The van der Waals surface area contributed by atoms with Gasteiger partial charge in [0, 0.05) is 37.3 Å². The van der Waals surface area contributed by atoms with Gasteiger partial charge in [0.25, 0.3) is 0 Å². The van der Waals surface area contributed by atoms with Crippen LogP contribution in [0, 0.1) is 0 Å². The quantitative estimate of drug-likeness (QED) is 0.465. The first-order valence-corrected chi connectivity index (χ1v) is 11.4. The predicted molar refractivity (Wildman–Crippen MR) is 118 cm³/mol. The molecule has 3 rings (SSSR count). The highest BCUT2D eigenvalue weighted by atomic mass is 32.2. The second kappa shape index (κ2) is 9.45. The van der Waals surface area contributed by atoms with E-state index in [2.05, 4.69) is 25.9 Å². The Labute approximate surface area is 188 Å². The van der Waals surface area contributed by atoms with Gasteiger partial charge in [0.1, 0.15) is 11.4 Å². The molecule has 0 bridgehead atoms.